The van der Waals surface area contributed by atoms with Crippen LogP contribution < -0.4 is 16.4 Å². The third-order valence-corrected chi connectivity index (χ3v) is 2.41. The summed E-state index contributed by atoms with van der Waals surface area (Å²) in [6.07, 6.45) is -4.34. The Morgan fingerprint density at radius 3 is 2.44 bits per heavy atom. The van der Waals surface area contributed by atoms with Gasteiger partial charge in [-0.1, -0.05) is 0 Å². The van der Waals surface area contributed by atoms with Crippen LogP contribution in [0, 0.1) is 0 Å². The van der Waals surface area contributed by atoms with E-state index in [2.05, 4.69) is 0 Å². The number of benzene rings is 1. The van der Waals surface area contributed by atoms with Crippen LogP contribution in [0.25, 0.3) is 0 Å². The van der Waals surface area contributed by atoms with Gasteiger partial charge >= 0.3 is 6.18 Å². The lowest BCUT2D eigenvalue weighted by atomic mass is 10.1. The molecule has 18 heavy (non-hydrogen) atoms. The largest absolute Gasteiger partial charge is 0.405 e. The molecule has 0 aliphatic carbocycles. The number of amides is 1. The van der Waals surface area contributed by atoms with Crippen molar-refractivity contribution in [2.24, 2.45) is 5.73 Å². The summed E-state index contributed by atoms with van der Waals surface area (Å²) in [7, 11) is 0. The number of carbonyl (C=O) groups is 1. The molecule has 1 rings (SSSR count). The van der Waals surface area contributed by atoms with Crippen molar-refractivity contribution in [2.45, 2.75) is 13.1 Å². The standard InChI is InChI=1S/C11H14F3N3O/c1-2-17(6-11(12,13)14)9-5-7(10(16)18)3-4-8(9)15/h3-5H,2,6,15H2,1H3,(H2,16,18). The van der Waals surface area contributed by atoms with Crippen molar-refractivity contribution in [2.75, 3.05) is 23.7 Å². The maximum atomic E-state index is 12.4. The molecular weight excluding hydrogens is 247 g/mol. The van der Waals surface area contributed by atoms with Gasteiger partial charge in [-0.15, -0.1) is 0 Å². The fraction of sp³-hybridized carbons (Fsp3) is 0.364. The van der Waals surface area contributed by atoms with Gasteiger partial charge in [-0.3, -0.25) is 4.79 Å². The third kappa shape index (κ3) is 3.54. The Labute approximate surface area is 102 Å². The van der Waals surface area contributed by atoms with Crippen molar-refractivity contribution in [3.05, 3.63) is 23.8 Å². The van der Waals surface area contributed by atoms with E-state index in [1.165, 1.54) is 18.2 Å². The van der Waals surface area contributed by atoms with Gasteiger partial charge in [-0.2, -0.15) is 13.2 Å². The number of nitrogen functional groups attached to an aromatic ring is 1. The molecule has 0 aromatic heterocycles. The number of nitrogens with zero attached hydrogens (tertiary/aromatic N) is 1. The Morgan fingerprint density at radius 2 is 2.00 bits per heavy atom. The lowest BCUT2D eigenvalue weighted by Gasteiger charge is -2.26. The lowest BCUT2D eigenvalue weighted by Crippen LogP contribution is -2.34. The SMILES string of the molecule is CCN(CC(F)(F)F)c1cc(C(N)=O)ccc1N. The van der Waals surface area contributed by atoms with Gasteiger partial charge in [0.1, 0.15) is 6.54 Å². The van der Waals surface area contributed by atoms with Crippen molar-refractivity contribution in [3.63, 3.8) is 0 Å². The van der Waals surface area contributed by atoms with Gasteiger partial charge in [-0.25, -0.2) is 0 Å². The second-order valence-corrected chi connectivity index (χ2v) is 3.77. The molecule has 0 bridgehead atoms. The van der Waals surface area contributed by atoms with Crippen LogP contribution in [0.2, 0.25) is 0 Å². The number of carbonyl (C=O) groups excluding carboxylic acids is 1. The van der Waals surface area contributed by atoms with Crippen molar-refractivity contribution >= 4 is 17.3 Å². The summed E-state index contributed by atoms with van der Waals surface area (Å²) in [4.78, 5) is 12.0. The number of hydrogen-bond donors (Lipinski definition) is 2. The summed E-state index contributed by atoms with van der Waals surface area (Å²) in [5, 5.41) is 0. The molecule has 0 saturated heterocycles. The monoisotopic (exact) mass is 261 g/mol. The van der Waals surface area contributed by atoms with Crippen LogP contribution in [0.1, 0.15) is 17.3 Å². The van der Waals surface area contributed by atoms with Crippen molar-refractivity contribution < 1.29 is 18.0 Å². The molecule has 0 radical (unpaired) electrons. The van der Waals surface area contributed by atoms with Gasteiger partial charge in [0.25, 0.3) is 0 Å². The first-order valence-corrected chi connectivity index (χ1v) is 5.25. The van der Waals surface area contributed by atoms with Gasteiger partial charge in [0.05, 0.1) is 11.4 Å². The van der Waals surface area contributed by atoms with Crippen molar-refractivity contribution in [3.8, 4) is 0 Å². The Morgan fingerprint density at radius 1 is 1.39 bits per heavy atom. The molecule has 1 amide bonds. The van der Waals surface area contributed by atoms with E-state index in [1.54, 1.807) is 6.92 Å². The Bertz CT molecular complexity index is 446. The average Bonchev–Trinajstić information content (AvgIpc) is 2.25. The first-order valence-electron chi connectivity index (χ1n) is 5.25. The van der Waals surface area contributed by atoms with Crippen LogP contribution >= 0.6 is 0 Å². The number of hydrogen-bond acceptors (Lipinski definition) is 3. The van der Waals surface area contributed by atoms with Crippen LogP contribution in [0.4, 0.5) is 24.5 Å². The van der Waals surface area contributed by atoms with E-state index in [0.29, 0.717) is 0 Å². The van der Waals surface area contributed by atoms with Crippen molar-refractivity contribution in [1.29, 1.82) is 0 Å². The molecule has 7 heteroatoms. The highest BCUT2D eigenvalue weighted by molar-refractivity contribution is 5.95. The van der Waals surface area contributed by atoms with Crippen LogP contribution in [0.3, 0.4) is 0 Å². The first-order chi connectivity index (χ1) is 8.24. The quantitative estimate of drug-likeness (QED) is 0.811. The summed E-state index contributed by atoms with van der Waals surface area (Å²) in [6.45, 7) is 0.559. The molecule has 0 unspecified atom stereocenters. The average molecular weight is 261 g/mol. The van der Waals surface area contributed by atoms with E-state index >= 15 is 0 Å². The van der Waals surface area contributed by atoms with E-state index in [4.69, 9.17) is 11.5 Å². The first kappa shape index (κ1) is 14.1. The number of anilines is 2. The number of alkyl halides is 3. The number of halogens is 3. The molecule has 0 fully saturated rings. The molecule has 0 saturated carbocycles. The number of rotatable bonds is 4. The molecule has 4 nitrogen and oxygen atoms in total. The van der Waals surface area contributed by atoms with E-state index in [1.807, 2.05) is 0 Å². The predicted molar refractivity (Wildman–Crippen MR) is 63.3 cm³/mol. The maximum absolute atomic E-state index is 12.4. The topological polar surface area (TPSA) is 72.3 Å². The van der Waals surface area contributed by atoms with E-state index < -0.39 is 18.6 Å². The Hall–Kier alpha value is -1.92. The minimum Gasteiger partial charge on any atom is -0.397 e. The molecule has 0 aliphatic rings. The summed E-state index contributed by atoms with van der Waals surface area (Å²) >= 11 is 0. The zero-order chi connectivity index (χ0) is 13.9. The van der Waals surface area contributed by atoms with E-state index in [9.17, 15) is 18.0 Å². The summed E-state index contributed by atoms with van der Waals surface area (Å²) in [5.41, 5.74) is 11.2. The van der Waals surface area contributed by atoms with E-state index in [0.717, 1.165) is 4.90 Å². The second-order valence-electron chi connectivity index (χ2n) is 3.77. The smallest absolute Gasteiger partial charge is 0.397 e. The maximum Gasteiger partial charge on any atom is 0.405 e. The lowest BCUT2D eigenvalue weighted by molar-refractivity contribution is -0.119. The fourth-order valence-electron chi connectivity index (χ4n) is 1.55. The minimum absolute atomic E-state index is 0.117. The van der Waals surface area contributed by atoms with Crippen molar-refractivity contribution in [1.82, 2.24) is 0 Å². The highest BCUT2D eigenvalue weighted by Crippen LogP contribution is 2.27. The summed E-state index contributed by atoms with van der Waals surface area (Å²) < 4.78 is 37.2. The molecular formula is C11H14F3N3O. The Kier molecular flexibility index (Phi) is 4.05. The molecule has 1 aromatic rings. The molecule has 1 aromatic carbocycles. The molecule has 0 spiro atoms. The summed E-state index contributed by atoms with van der Waals surface area (Å²) in [6, 6.07) is 4.02. The van der Waals surface area contributed by atoms with Gasteiger partial charge in [0.15, 0.2) is 0 Å². The van der Waals surface area contributed by atoms with Gasteiger partial charge in [0, 0.05) is 12.1 Å². The van der Waals surface area contributed by atoms with Crippen LogP contribution in [-0.4, -0.2) is 25.2 Å². The molecule has 4 N–H and O–H groups in total. The molecule has 0 heterocycles. The number of nitrogens with two attached hydrogens (primary N) is 2. The van der Waals surface area contributed by atoms with E-state index in [-0.39, 0.29) is 23.5 Å². The Balaban J connectivity index is 3.12. The van der Waals surface area contributed by atoms with Gasteiger partial charge < -0.3 is 16.4 Å². The second kappa shape index (κ2) is 5.16. The minimum atomic E-state index is -4.34. The third-order valence-electron chi connectivity index (χ3n) is 2.41. The summed E-state index contributed by atoms with van der Waals surface area (Å²) in [5.74, 6) is -0.709. The zero-order valence-corrected chi connectivity index (χ0v) is 9.79. The predicted octanol–water partition coefficient (Wildman–Crippen LogP) is 1.76. The highest BCUT2D eigenvalue weighted by atomic mass is 19.4. The van der Waals surface area contributed by atoms with Gasteiger partial charge in [-0.05, 0) is 25.1 Å². The highest BCUT2D eigenvalue weighted by Gasteiger charge is 2.31. The molecule has 0 atom stereocenters. The normalized spacial score (nSPS) is 11.3. The fourth-order valence-corrected chi connectivity index (χ4v) is 1.55. The van der Waals surface area contributed by atoms with Crippen LogP contribution in [0.15, 0.2) is 18.2 Å². The van der Waals surface area contributed by atoms with Crippen LogP contribution in [-0.2, 0) is 0 Å². The molecule has 0 aliphatic heterocycles. The van der Waals surface area contributed by atoms with Gasteiger partial charge in [0.2, 0.25) is 5.91 Å². The molecule has 100 valence electrons. The zero-order valence-electron chi connectivity index (χ0n) is 9.79. The number of primary amides is 1. The van der Waals surface area contributed by atoms with Crippen LogP contribution in [0.5, 0.6) is 0 Å².